The van der Waals surface area contributed by atoms with Gasteiger partial charge >= 0.3 is 0 Å². The van der Waals surface area contributed by atoms with Crippen LogP contribution in [0.25, 0.3) is 0 Å². The molecule has 0 heterocycles. The predicted octanol–water partition coefficient (Wildman–Crippen LogP) is 4.02. The van der Waals surface area contributed by atoms with Crippen LogP contribution in [0.15, 0.2) is 46.9 Å². The highest BCUT2D eigenvalue weighted by molar-refractivity contribution is 9.10. The summed E-state index contributed by atoms with van der Waals surface area (Å²) in [5.41, 5.74) is 2.35. The van der Waals surface area contributed by atoms with Gasteiger partial charge in [0, 0.05) is 16.2 Å². The second-order valence-corrected chi connectivity index (χ2v) is 4.92. The minimum Gasteiger partial charge on any atom is -0.497 e. The van der Waals surface area contributed by atoms with Crippen molar-refractivity contribution in [3.63, 3.8) is 0 Å². The molecule has 0 radical (unpaired) electrons. The van der Waals surface area contributed by atoms with Crippen LogP contribution in [0.4, 0.5) is 5.69 Å². The van der Waals surface area contributed by atoms with Gasteiger partial charge in [-0.25, -0.2) is 0 Å². The molecular weight excluding hydrogens is 306 g/mol. The number of rotatable bonds is 3. The summed E-state index contributed by atoms with van der Waals surface area (Å²) >= 11 is 3.44. The first-order valence-electron chi connectivity index (χ1n) is 5.82. The van der Waals surface area contributed by atoms with Crippen molar-refractivity contribution < 1.29 is 9.53 Å². The molecule has 4 heteroatoms. The average Bonchev–Trinajstić information content (AvgIpc) is 2.42. The third kappa shape index (κ3) is 3.15. The molecule has 0 saturated heterocycles. The van der Waals surface area contributed by atoms with E-state index in [2.05, 4.69) is 21.2 Å². The maximum absolute atomic E-state index is 12.2. The molecule has 0 fully saturated rings. The first-order chi connectivity index (χ1) is 9.11. The number of benzene rings is 2. The number of hydrogen-bond acceptors (Lipinski definition) is 2. The number of anilines is 1. The summed E-state index contributed by atoms with van der Waals surface area (Å²) in [7, 11) is 1.60. The number of carbonyl (C=O) groups is 1. The summed E-state index contributed by atoms with van der Waals surface area (Å²) in [6.07, 6.45) is 0. The smallest absolute Gasteiger partial charge is 0.256 e. The Kier molecular flexibility index (Phi) is 4.22. The molecule has 0 saturated carbocycles. The lowest BCUT2D eigenvalue weighted by molar-refractivity contribution is 0.102. The predicted molar refractivity (Wildman–Crippen MR) is 79.8 cm³/mol. The fourth-order valence-electron chi connectivity index (χ4n) is 1.72. The summed E-state index contributed by atoms with van der Waals surface area (Å²) in [5.74, 6) is 0.560. The molecule has 0 aliphatic heterocycles. The minimum absolute atomic E-state index is 0.149. The Morgan fingerprint density at radius 2 is 1.95 bits per heavy atom. The molecular formula is C15H14BrNO2. The first-order valence-corrected chi connectivity index (χ1v) is 6.61. The molecule has 2 aromatic carbocycles. The van der Waals surface area contributed by atoms with Crippen molar-refractivity contribution in [3.8, 4) is 5.75 Å². The van der Waals surface area contributed by atoms with Crippen LogP contribution in [0.2, 0.25) is 0 Å². The fraction of sp³-hybridized carbons (Fsp3) is 0.133. The van der Waals surface area contributed by atoms with E-state index in [0.29, 0.717) is 17.0 Å². The average molecular weight is 320 g/mol. The van der Waals surface area contributed by atoms with Gasteiger partial charge in [-0.3, -0.25) is 4.79 Å². The molecule has 98 valence electrons. The number of methoxy groups -OCH3 is 1. The highest BCUT2D eigenvalue weighted by Gasteiger charge is 2.11. The summed E-state index contributed by atoms with van der Waals surface area (Å²) in [4.78, 5) is 12.2. The number of ether oxygens (including phenoxy) is 1. The van der Waals surface area contributed by atoms with Gasteiger partial charge in [0.05, 0.1) is 12.7 Å². The Morgan fingerprint density at radius 3 is 2.68 bits per heavy atom. The van der Waals surface area contributed by atoms with Crippen molar-refractivity contribution in [2.45, 2.75) is 6.92 Å². The van der Waals surface area contributed by atoms with Gasteiger partial charge < -0.3 is 10.1 Å². The Bertz CT molecular complexity index is 611. The monoisotopic (exact) mass is 319 g/mol. The van der Waals surface area contributed by atoms with Crippen LogP contribution in [0.3, 0.4) is 0 Å². The topological polar surface area (TPSA) is 38.3 Å². The Balaban J connectivity index is 2.23. The van der Waals surface area contributed by atoms with Crippen LogP contribution in [-0.4, -0.2) is 13.0 Å². The van der Waals surface area contributed by atoms with Gasteiger partial charge in [-0.2, -0.15) is 0 Å². The van der Waals surface area contributed by atoms with Crippen LogP contribution in [-0.2, 0) is 0 Å². The molecule has 1 N–H and O–H groups in total. The summed E-state index contributed by atoms with van der Waals surface area (Å²) in [5, 5.41) is 2.85. The van der Waals surface area contributed by atoms with Crippen molar-refractivity contribution in [2.75, 3.05) is 12.4 Å². The molecule has 0 unspecified atom stereocenters. The van der Waals surface area contributed by atoms with E-state index in [0.717, 1.165) is 10.0 Å². The van der Waals surface area contributed by atoms with Crippen LogP contribution < -0.4 is 10.1 Å². The van der Waals surface area contributed by atoms with E-state index in [-0.39, 0.29) is 5.91 Å². The number of carbonyl (C=O) groups excluding carboxylic acids is 1. The summed E-state index contributed by atoms with van der Waals surface area (Å²) in [6.45, 7) is 1.95. The second kappa shape index (κ2) is 5.89. The van der Waals surface area contributed by atoms with Crippen LogP contribution in [0.1, 0.15) is 15.9 Å². The lowest BCUT2D eigenvalue weighted by atomic mass is 10.1. The molecule has 0 aromatic heterocycles. The molecule has 0 atom stereocenters. The lowest BCUT2D eigenvalue weighted by Crippen LogP contribution is -2.12. The van der Waals surface area contributed by atoms with E-state index in [9.17, 15) is 4.79 Å². The molecule has 3 nitrogen and oxygen atoms in total. The quantitative estimate of drug-likeness (QED) is 0.928. The Morgan fingerprint density at radius 1 is 1.21 bits per heavy atom. The molecule has 19 heavy (non-hydrogen) atoms. The normalized spacial score (nSPS) is 10.1. The van der Waals surface area contributed by atoms with Crippen molar-refractivity contribution in [1.82, 2.24) is 0 Å². The fourth-order valence-corrected chi connectivity index (χ4v) is 2.17. The van der Waals surface area contributed by atoms with E-state index in [1.54, 1.807) is 19.2 Å². The molecule has 0 aliphatic rings. The van der Waals surface area contributed by atoms with Gasteiger partial charge in [0.1, 0.15) is 5.75 Å². The number of aryl methyl sites for hydroxylation is 1. The number of amides is 1. The first kappa shape index (κ1) is 13.6. The van der Waals surface area contributed by atoms with Gasteiger partial charge in [-0.15, -0.1) is 0 Å². The molecule has 2 aromatic rings. The highest BCUT2D eigenvalue weighted by Crippen LogP contribution is 2.23. The van der Waals surface area contributed by atoms with Crippen molar-refractivity contribution in [1.29, 1.82) is 0 Å². The number of nitrogens with one attached hydrogen (secondary N) is 1. The van der Waals surface area contributed by atoms with Crippen LogP contribution in [0.5, 0.6) is 5.75 Å². The Labute approximate surface area is 120 Å². The van der Waals surface area contributed by atoms with Crippen molar-refractivity contribution in [3.05, 3.63) is 58.1 Å². The zero-order valence-electron chi connectivity index (χ0n) is 10.7. The molecule has 0 spiro atoms. The van der Waals surface area contributed by atoms with E-state index >= 15 is 0 Å². The standard InChI is InChI=1S/C15H14BrNO2/c1-10-5-3-8-13(14(10)16)15(18)17-11-6-4-7-12(9-11)19-2/h3-9H,1-2H3,(H,17,18). The van der Waals surface area contributed by atoms with Gasteiger partial charge in [0.2, 0.25) is 0 Å². The maximum atomic E-state index is 12.2. The van der Waals surface area contributed by atoms with E-state index < -0.39 is 0 Å². The second-order valence-electron chi connectivity index (χ2n) is 4.12. The molecule has 0 bridgehead atoms. The van der Waals surface area contributed by atoms with E-state index in [1.807, 2.05) is 37.3 Å². The minimum atomic E-state index is -0.149. The van der Waals surface area contributed by atoms with E-state index in [4.69, 9.17) is 4.74 Å². The van der Waals surface area contributed by atoms with Crippen LogP contribution >= 0.6 is 15.9 Å². The van der Waals surface area contributed by atoms with Gasteiger partial charge in [0.15, 0.2) is 0 Å². The molecule has 1 amide bonds. The SMILES string of the molecule is COc1cccc(NC(=O)c2cccc(C)c2Br)c1. The van der Waals surface area contributed by atoms with Crippen molar-refractivity contribution >= 4 is 27.5 Å². The zero-order chi connectivity index (χ0) is 13.8. The third-order valence-electron chi connectivity index (χ3n) is 2.76. The zero-order valence-corrected chi connectivity index (χ0v) is 12.3. The van der Waals surface area contributed by atoms with Gasteiger partial charge in [-0.1, -0.05) is 18.2 Å². The Hall–Kier alpha value is -1.81. The maximum Gasteiger partial charge on any atom is 0.256 e. The summed E-state index contributed by atoms with van der Waals surface area (Å²) < 4.78 is 5.94. The van der Waals surface area contributed by atoms with Crippen molar-refractivity contribution in [2.24, 2.45) is 0 Å². The molecule has 0 aliphatic carbocycles. The van der Waals surface area contributed by atoms with Crippen LogP contribution in [0, 0.1) is 6.92 Å². The lowest BCUT2D eigenvalue weighted by Gasteiger charge is -2.09. The number of halogens is 1. The van der Waals surface area contributed by atoms with E-state index in [1.165, 1.54) is 0 Å². The largest absolute Gasteiger partial charge is 0.497 e. The van der Waals surface area contributed by atoms with Gasteiger partial charge in [-0.05, 0) is 46.6 Å². The highest BCUT2D eigenvalue weighted by atomic mass is 79.9. The van der Waals surface area contributed by atoms with Gasteiger partial charge in [0.25, 0.3) is 5.91 Å². The number of hydrogen-bond donors (Lipinski definition) is 1. The summed E-state index contributed by atoms with van der Waals surface area (Å²) in [6, 6.07) is 12.9. The third-order valence-corrected chi connectivity index (χ3v) is 3.82. The molecule has 2 rings (SSSR count).